The summed E-state index contributed by atoms with van der Waals surface area (Å²) in [5.74, 6) is 1.24. The van der Waals surface area contributed by atoms with Crippen molar-refractivity contribution in [3.8, 4) is 0 Å². The predicted octanol–water partition coefficient (Wildman–Crippen LogP) is 2.27. The van der Waals surface area contributed by atoms with Gasteiger partial charge >= 0.3 is 6.03 Å². The lowest BCUT2D eigenvalue weighted by Gasteiger charge is -2.24. The SMILES string of the molecule is CC(C)CCC(C)(O)CNC(=O)NCc1ccco1. The fourth-order valence-corrected chi connectivity index (χ4v) is 1.60. The average Bonchev–Trinajstić information content (AvgIpc) is 2.85. The van der Waals surface area contributed by atoms with Gasteiger partial charge in [-0.1, -0.05) is 13.8 Å². The highest BCUT2D eigenvalue weighted by molar-refractivity contribution is 5.73. The van der Waals surface area contributed by atoms with Crippen molar-refractivity contribution in [1.82, 2.24) is 10.6 Å². The number of aliphatic hydroxyl groups is 1. The minimum absolute atomic E-state index is 0.240. The minimum Gasteiger partial charge on any atom is -0.467 e. The first-order valence-corrected chi connectivity index (χ1v) is 6.65. The predicted molar refractivity (Wildman–Crippen MR) is 73.6 cm³/mol. The Balaban J connectivity index is 2.21. The zero-order chi connectivity index (χ0) is 14.3. The molecule has 0 radical (unpaired) electrons. The maximum Gasteiger partial charge on any atom is 0.315 e. The molecule has 0 bridgehead atoms. The van der Waals surface area contributed by atoms with Gasteiger partial charge in [-0.05, 0) is 37.8 Å². The number of carbonyl (C=O) groups excluding carboxylic acids is 1. The maximum atomic E-state index is 11.5. The van der Waals surface area contributed by atoms with Gasteiger partial charge in [0.25, 0.3) is 0 Å². The highest BCUT2D eigenvalue weighted by Crippen LogP contribution is 2.15. The van der Waals surface area contributed by atoms with Crippen molar-refractivity contribution < 1.29 is 14.3 Å². The summed E-state index contributed by atoms with van der Waals surface area (Å²) in [5.41, 5.74) is -0.869. The molecule has 5 nitrogen and oxygen atoms in total. The van der Waals surface area contributed by atoms with E-state index in [4.69, 9.17) is 4.42 Å². The third kappa shape index (κ3) is 6.86. The standard InChI is InChI=1S/C14H24N2O3/c1-11(2)6-7-14(3,18)10-16-13(17)15-9-12-5-4-8-19-12/h4-5,8,11,18H,6-7,9-10H2,1-3H3,(H2,15,16,17). The van der Waals surface area contributed by atoms with E-state index in [0.717, 1.165) is 6.42 Å². The van der Waals surface area contributed by atoms with Crippen molar-refractivity contribution in [2.75, 3.05) is 6.54 Å². The first-order valence-electron chi connectivity index (χ1n) is 6.65. The molecule has 1 heterocycles. The van der Waals surface area contributed by atoms with E-state index in [1.165, 1.54) is 0 Å². The normalized spacial score (nSPS) is 14.2. The molecule has 19 heavy (non-hydrogen) atoms. The Morgan fingerprint density at radius 1 is 1.47 bits per heavy atom. The molecule has 1 atom stereocenters. The second kappa shape index (κ2) is 7.19. The number of carbonyl (C=O) groups is 1. The van der Waals surface area contributed by atoms with Gasteiger partial charge in [-0.2, -0.15) is 0 Å². The fourth-order valence-electron chi connectivity index (χ4n) is 1.60. The Bertz CT molecular complexity index is 372. The zero-order valence-corrected chi connectivity index (χ0v) is 11.9. The molecule has 1 aromatic rings. The lowest BCUT2D eigenvalue weighted by Crippen LogP contribution is -2.44. The van der Waals surface area contributed by atoms with Gasteiger partial charge in [0.15, 0.2) is 0 Å². The molecule has 5 heteroatoms. The van der Waals surface area contributed by atoms with Gasteiger partial charge in [0.2, 0.25) is 0 Å². The van der Waals surface area contributed by atoms with Gasteiger partial charge in [0.1, 0.15) is 5.76 Å². The largest absolute Gasteiger partial charge is 0.467 e. The molecule has 0 spiro atoms. The van der Waals surface area contributed by atoms with Crippen molar-refractivity contribution in [2.24, 2.45) is 5.92 Å². The van der Waals surface area contributed by atoms with Crippen LogP contribution in [-0.2, 0) is 6.54 Å². The van der Waals surface area contributed by atoms with Crippen LogP contribution in [0.5, 0.6) is 0 Å². The van der Waals surface area contributed by atoms with Crippen LogP contribution in [0.4, 0.5) is 4.79 Å². The molecular weight excluding hydrogens is 244 g/mol. The van der Waals surface area contributed by atoms with Crippen LogP contribution in [0.3, 0.4) is 0 Å². The number of urea groups is 1. The molecule has 0 aliphatic rings. The minimum atomic E-state index is -0.869. The van der Waals surface area contributed by atoms with Crippen LogP contribution in [0.2, 0.25) is 0 Å². The average molecular weight is 268 g/mol. The van der Waals surface area contributed by atoms with E-state index in [1.54, 1.807) is 25.3 Å². The summed E-state index contributed by atoms with van der Waals surface area (Å²) in [6, 6.07) is 3.26. The quantitative estimate of drug-likeness (QED) is 0.710. The summed E-state index contributed by atoms with van der Waals surface area (Å²) < 4.78 is 5.10. The van der Waals surface area contributed by atoms with Crippen LogP contribution >= 0.6 is 0 Å². The Morgan fingerprint density at radius 2 is 2.21 bits per heavy atom. The third-order valence-corrected chi connectivity index (χ3v) is 2.89. The van der Waals surface area contributed by atoms with E-state index in [1.807, 2.05) is 0 Å². The van der Waals surface area contributed by atoms with Crippen LogP contribution in [0.25, 0.3) is 0 Å². The molecule has 1 aromatic heterocycles. The Morgan fingerprint density at radius 3 is 2.79 bits per heavy atom. The Labute approximate surface area is 114 Å². The van der Waals surface area contributed by atoms with E-state index >= 15 is 0 Å². The second-order valence-electron chi connectivity index (χ2n) is 5.55. The fraction of sp³-hybridized carbons (Fsp3) is 0.643. The molecule has 0 fully saturated rings. The van der Waals surface area contributed by atoms with Gasteiger partial charge in [0, 0.05) is 6.54 Å². The molecule has 0 aromatic carbocycles. The molecule has 1 rings (SSSR count). The van der Waals surface area contributed by atoms with E-state index in [-0.39, 0.29) is 12.6 Å². The molecule has 1 unspecified atom stereocenters. The van der Waals surface area contributed by atoms with Crippen LogP contribution in [-0.4, -0.2) is 23.3 Å². The summed E-state index contributed by atoms with van der Waals surface area (Å²) >= 11 is 0. The van der Waals surface area contributed by atoms with E-state index < -0.39 is 5.60 Å². The molecule has 3 N–H and O–H groups in total. The number of amides is 2. The van der Waals surface area contributed by atoms with Gasteiger partial charge < -0.3 is 20.2 Å². The van der Waals surface area contributed by atoms with Crippen molar-refractivity contribution in [3.63, 3.8) is 0 Å². The van der Waals surface area contributed by atoms with Gasteiger partial charge in [-0.25, -0.2) is 4.79 Å². The van der Waals surface area contributed by atoms with Crippen molar-refractivity contribution >= 4 is 6.03 Å². The monoisotopic (exact) mass is 268 g/mol. The van der Waals surface area contributed by atoms with Crippen molar-refractivity contribution in [2.45, 2.75) is 45.8 Å². The van der Waals surface area contributed by atoms with Crippen molar-refractivity contribution in [1.29, 1.82) is 0 Å². The summed E-state index contributed by atoms with van der Waals surface area (Å²) in [7, 11) is 0. The van der Waals surface area contributed by atoms with Gasteiger partial charge in [-0.3, -0.25) is 0 Å². The zero-order valence-electron chi connectivity index (χ0n) is 11.9. The van der Waals surface area contributed by atoms with Crippen LogP contribution < -0.4 is 10.6 Å². The number of furan rings is 1. The van der Waals surface area contributed by atoms with Gasteiger partial charge in [-0.15, -0.1) is 0 Å². The lowest BCUT2D eigenvalue weighted by atomic mass is 9.95. The van der Waals surface area contributed by atoms with E-state index in [9.17, 15) is 9.90 Å². The lowest BCUT2D eigenvalue weighted by molar-refractivity contribution is 0.0476. The van der Waals surface area contributed by atoms with Crippen LogP contribution in [0, 0.1) is 5.92 Å². The van der Waals surface area contributed by atoms with Gasteiger partial charge in [0.05, 0.1) is 18.4 Å². The number of hydrogen-bond acceptors (Lipinski definition) is 3. The Kier molecular flexibility index (Phi) is 5.89. The second-order valence-corrected chi connectivity index (χ2v) is 5.55. The summed E-state index contributed by atoms with van der Waals surface area (Å²) in [6.07, 6.45) is 3.16. The number of nitrogens with one attached hydrogen (secondary N) is 2. The molecule has 0 saturated heterocycles. The van der Waals surface area contributed by atoms with Crippen molar-refractivity contribution in [3.05, 3.63) is 24.2 Å². The summed E-state index contributed by atoms with van der Waals surface area (Å²) in [6.45, 7) is 6.54. The highest BCUT2D eigenvalue weighted by Gasteiger charge is 2.21. The first kappa shape index (κ1) is 15.6. The molecule has 108 valence electrons. The topological polar surface area (TPSA) is 74.5 Å². The van der Waals surface area contributed by atoms with E-state index in [0.29, 0.717) is 24.6 Å². The molecule has 0 aliphatic carbocycles. The van der Waals surface area contributed by atoms with E-state index in [2.05, 4.69) is 24.5 Å². The first-order chi connectivity index (χ1) is 8.89. The molecule has 0 saturated carbocycles. The maximum absolute atomic E-state index is 11.5. The molecule has 0 aliphatic heterocycles. The number of rotatable bonds is 7. The van der Waals surface area contributed by atoms with Crippen LogP contribution in [0.15, 0.2) is 22.8 Å². The summed E-state index contributed by atoms with van der Waals surface area (Å²) in [5, 5.41) is 15.4. The van der Waals surface area contributed by atoms with Crippen LogP contribution in [0.1, 0.15) is 39.4 Å². The summed E-state index contributed by atoms with van der Waals surface area (Å²) in [4.78, 5) is 11.5. The Hall–Kier alpha value is -1.49. The molecular formula is C14H24N2O3. The highest BCUT2D eigenvalue weighted by atomic mass is 16.3. The molecule has 2 amide bonds. The smallest absolute Gasteiger partial charge is 0.315 e. The third-order valence-electron chi connectivity index (χ3n) is 2.89. The number of hydrogen-bond donors (Lipinski definition) is 3.